The summed E-state index contributed by atoms with van der Waals surface area (Å²) in [6.07, 6.45) is 9.32. The van der Waals surface area contributed by atoms with Crippen molar-refractivity contribution in [2.45, 2.75) is 59.1 Å². The summed E-state index contributed by atoms with van der Waals surface area (Å²) in [5, 5.41) is 4.55. The van der Waals surface area contributed by atoms with E-state index < -0.39 is 5.60 Å². The summed E-state index contributed by atoms with van der Waals surface area (Å²) < 4.78 is 7.72. The van der Waals surface area contributed by atoms with Crippen LogP contribution < -0.4 is 5.32 Å². The molecule has 1 fully saturated rings. The molecule has 0 bridgehead atoms. The zero-order valence-electron chi connectivity index (χ0n) is 20.2. The van der Waals surface area contributed by atoms with Gasteiger partial charge in [0, 0.05) is 55.2 Å². The molecule has 4 heterocycles. The van der Waals surface area contributed by atoms with Gasteiger partial charge in [-0.25, -0.2) is 14.8 Å². The molecule has 1 aliphatic heterocycles. The fourth-order valence-corrected chi connectivity index (χ4v) is 4.20. The number of likely N-dealkylation sites (tertiary alicyclic amines) is 1. The van der Waals surface area contributed by atoms with E-state index in [2.05, 4.69) is 39.9 Å². The Balaban J connectivity index is 1.39. The van der Waals surface area contributed by atoms with Crippen LogP contribution >= 0.6 is 0 Å². The van der Waals surface area contributed by atoms with Crippen molar-refractivity contribution < 1.29 is 9.53 Å². The molecule has 0 radical (unpaired) electrons. The molecule has 0 saturated carbocycles. The van der Waals surface area contributed by atoms with E-state index in [1.807, 2.05) is 45.3 Å². The standard InChI is InChI=1S/C25H34N6O2/c1-17(2)31-16-20(19-6-10-26-15-22(19)31)21-7-11-27-23(29-21)28-14-18-8-12-30(13-9-18)24(32)33-25(3,4)5/h6-7,10-11,15-18H,8-9,12-14H2,1-5H3,(H,27,28,29). The molecular weight excluding hydrogens is 416 g/mol. The lowest BCUT2D eigenvalue weighted by molar-refractivity contribution is 0.0188. The van der Waals surface area contributed by atoms with Gasteiger partial charge >= 0.3 is 6.09 Å². The number of hydrogen-bond acceptors (Lipinski definition) is 6. The third-order valence-electron chi connectivity index (χ3n) is 5.94. The van der Waals surface area contributed by atoms with E-state index in [0.29, 0.717) is 31.0 Å². The molecule has 33 heavy (non-hydrogen) atoms. The summed E-state index contributed by atoms with van der Waals surface area (Å²) in [7, 11) is 0. The Bertz CT molecular complexity index is 1110. The molecule has 1 saturated heterocycles. The average Bonchev–Trinajstić information content (AvgIpc) is 3.17. The zero-order chi connectivity index (χ0) is 23.6. The number of carbonyl (C=O) groups excluding carboxylic acids is 1. The number of nitrogens with one attached hydrogen (secondary N) is 1. The van der Waals surface area contributed by atoms with Crippen molar-refractivity contribution >= 4 is 22.9 Å². The van der Waals surface area contributed by atoms with Crippen LogP contribution in [0.15, 0.2) is 36.9 Å². The number of anilines is 1. The van der Waals surface area contributed by atoms with Gasteiger partial charge in [0.25, 0.3) is 0 Å². The van der Waals surface area contributed by atoms with E-state index in [4.69, 9.17) is 9.72 Å². The number of ether oxygens (including phenoxy) is 1. The molecule has 8 heteroatoms. The maximum absolute atomic E-state index is 12.3. The van der Waals surface area contributed by atoms with E-state index in [1.165, 1.54) is 0 Å². The monoisotopic (exact) mass is 450 g/mol. The number of amides is 1. The predicted molar refractivity (Wildman–Crippen MR) is 130 cm³/mol. The second-order valence-electron chi connectivity index (χ2n) is 9.99. The number of rotatable bonds is 5. The first-order valence-corrected chi connectivity index (χ1v) is 11.7. The molecule has 0 spiro atoms. The number of carbonyl (C=O) groups is 1. The highest BCUT2D eigenvalue weighted by Crippen LogP contribution is 2.31. The molecule has 4 rings (SSSR count). The van der Waals surface area contributed by atoms with Gasteiger partial charge in [-0.2, -0.15) is 0 Å². The predicted octanol–water partition coefficient (Wildman–Crippen LogP) is 5.13. The first-order valence-electron chi connectivity index (χ1n) is 11.7. The molecule has 3 aromatic heterocycles. The van der Waals surface area contributed by atoms with Crippen molar-refractivity contribution in [1.82, 2.24) is 24.4 Å². The molecule has 8 nitrogen and oxygen atoms in total. The minimum Gasteiger partial charge on any atom is -0.444 e. The topological polar surface area (TPSA) is 85.2 Å². The van der Waals surface area contributed by atoms with Gasteiger partial charge in [0.2, 0.25) is 5.95 Å². The highest BCUT2D eigenvalue weighted by Gasteiger charge is 2.26. The Morgan fingerprint density at radius 1 is 1.21 bits per heavy atom. The Labute approximate surface area is 195 Å². The SMILES string of the molecule is CC(C)n1cc(-c2ccnc(NCC3CCN(C(=O)OC(C)(C)C)CC3)n2)c2ccncc21. The molecule has 176 valence electrons. The first-order chi connectivity index (χ1) is 15.7. The fourth-order valence-electron chi connectivity index (χ4n) is 4.20. The van der Waals surface area contributed by atoms with Gasteiger partial charge in [0.15, 0.2) is 0 Å². The lowest BCUT2D eigenvalue weighted by Crippen LogP contribution is -2.42. The van der Waals surface area contributed by atoms with Crippen molar-refractivity contribution in [3.05, 3.63) is 36.9 Å². The molecule has 0 aliphatic carbocycles. The highest BCUT2D eigenvalue weighted by molar-refractivity contribution is 5.94. The molecule has 0 atom stereocenters. The normalized spacial score (nSPS) is 15.3. The average molecular weight is 451 g/mol. The number of pyridine rings is 1. The van der Waals surface area contributed by atoms with E-state index >= 15 is 0 Å². The van der Waals surface area contributed by atoms with Gasteiger partial charge < -0.3 is 19.5 Å². The Morgan fingerprint density at radius 3 is 2.67 bits per heavy atom. The van der Waals surface area contributed by atoms with Crippen LogP contribution in [0.25, 0.3) is 22.2 Å². The van der Waals surface area contributed by atoms with Crippen LogP contribution in [-0.2, 0) is 4.74 Å². The smallest absolute Gasteiger partial charge is 0.410 e. The summed E-state index contributed by atoms with van der Waals surface area (Å²) >= 11 is 0. The quantitative estimate of drug-likeness (QED) is 0.580. The molecular formula is C25H34N6O2. The van der Waals surface area contributed by atoms with Gasteiger partial charge in [0.05, 0.1) is 17.4 Å². The second kappa shape index (κ2) is 9.37. The molecule has 0 aromatic carbocycles. The number of fused-ring (bicyclic) bond motifs is 1. The van der Waals surface area contributed by atoms with Gasteiger partial charge in [-0.15, -0.1) is 0 Å². The lowest BCUT2D eigenvalue weighted by atomic mass is 9.97. The molecule has 1 N–H and O–H groups in total. The van der Waals surface area contributed by atoms with E-state index in [1.54, 1.807) is 11.1 Å². The maximum Gasteiger partial charge on any atom is 0.410 e. The summed E-state index contributed by atoms with van der Waals surface area (Å²) in [5.41, 5.74) is 2.61. The Morgan fingerprint density at radius 2 is 1.97 bits per heavy atom. The van der Waals surface area contributed by atoms with E-state index in [0.717, 1.165) is 41.5 Å². The fraction of sp³-hybridized carbons (Fsp3) is 0.520. The summed E-state index contributed by atoms with van der Waals surface area (Å²) in [6, 6.07) is 4.32. The number of nitrogens with zero attached hydrogens (tertiary/aromatic N) is 5. The molecule has 0 unspecified atom stereocenters. The highest BCUT2D eigenvalue weighted by atomic mass is 16.6. The minimum absolute atomic E-state index is 0.222. The largest absolute Gasteiger partial charge is 0.444 e. The van der Waals surface area contributed by atoms with Gasteiger partial charge in [-0.3, -0.25) is 4.98 Å². The van der Waals surface area contributed by atoms with E-state index in [9.17, 15) is 4.79 Å². The second-order valence-corrected chi connectivity index (χ2v) is 9.99. The van der Waals surface area contributed by atoms with Crippen LogP contribution in [0, 0.1) is 5.92 Å². The van der Waals surface area contributed by atoms with Crippen molar-refractivity contribution in [3.63, 3.8) is 0 Å². The third kappa shape index (κ3) is 5.43. The zero-order valence-corrected chi connectivity index (χ0v) is 20.2. The number of aromatic nitrogens is 4. The van der Waals surface area contributed by atoms with Gasteiger partial charge in [-0.1, -0.05) is 0 Å². The van der Waals surface area contributed by atoms with Crippen molar-refractivity contribution in [1.29, 1.82) is 0 Å². The van der Waals surface area contributed by atoms with Gasteiger partial charge in [0.1, 0.15) is 5.60 Å². The van der Waals surface area contributed by atoms with Crippen LogP contribution in [-0.4, -0.2) is 55.7 Å². The first kappa shape index (κ1) is 23.0. The van der Waals surface area contributed by atoms with Crippen molar-refractivity contribution in [3.8, 4) is 11.3 Å². The van der Waals surface area contributed by atoms with Crippen LogP contribution in [0.3, 0.4) is 0 Å². The van der Waals surface area contributed by atoms with Crippen LogP contribution in [0.5, 0.6) is 0 Å². The summed E-state index contributed by atoms with van der Waals surface area (Å²) in [5.74, 6) is 1.09. The van der Waals surface area contributed by atoms with Crippen LogP contribution in [0.1, 0.15) is 53.5 Å². The van der Waals surface area contributed by atoms with Crippen molar-refractivity contribution in [2.24, 2.45) is 5.92 Å². The minimum atomic E-state index is -0.462. The van der Waals surface area contributed by atoms with E-state index in [-0.39, 0.29) is 6.09 Å². The third-order valence-corrected chi connectivity index (χ3v) is 5.94. The Hall–Kier alpha value is -3.16. The molecule has 3 aromatic rings. The van der Waals surface area contributed by atoms with Gasteiger partial charge in [-0.05, 0) is 65.5 Å². The summed E-state index contributed by atoms with van der Waals surface area (Å²) in [6.45, 7) is 12.2. The lowest BCUT2D eigenvalue weighted by Gasteiger charge is -2.33. The summed E-state index contributed by atoms with van der Waals surface area (Å²) in [4.78, 5) is 27.6. The van der Waals surface area contributed by atoms with Crippen LogP contribution in [0.4, 0.5) is 10.7 Å². The Kier molecular flexibility index (Phi) is 6.54. The maximum atomic E-state index is 12.3. The molecule has 1 amide bonds. The van der Waals surface area contributed by atoms with Crippen LogP contribution in [0.2, 0.25) is 0 Å². The molecule has 1 aliphatic rings. The number of piperidine rings is 1. The van der Waals surface area contributed by atoms with Crippen molar-refractivity contribution in [2.75, 3.05) is 25.0 Å². The number of hydrogen-bond donors (Lipinski definition) is 1.